The number of carboxylic acid groups (broad SMARTS) is 1. The Kier molecular flexibility index (Phi) is 6.58. The molecule has 0 aromatic heterocycles. The fourth-order valence-corrected chi connectivity index (χ4v) is 2.44. The highest BCUT2D eigenvalue weighted by Gasteiger charge is 2.13. The number of rotatable bonds is 7. The molecule has 0 aliphatic carbocycles. The Hall–Kier alpha value is -1.49. The Bertz CT molecular complexity index is 491. The average Bonchev–Trinajstić information content (AvgIpc) is 2.41. The molecule has 0 heterocycles. The van der Waals surface area contributed by atoms with Crippen molar-refractivity contribution in [3.05, 3.63) is 35.7 Å². The number of hydrogen-bond acceptors (Lipinski definition) is 3. The van der Waals surface area contributed by atoms with Crippen molar-refractivity contribution in [2.45, 2.75) is 19.4 Å². The van der Waals surface area contributed by atoms with Crippen LogP contribution in [0.3, 0.4) is 0 Å². The number of benzene rings is 1. The minimum atomic E-state index is -1.04. The van der Waals surface area contributed by atoms with Gasteiger partial charge in [-0.2, -0.15) is 11.8 Å². The number of carboxylic acids is 1. The predicted octanol–water partition coefficient (Wildman–Crippen LogP) is 3.50. The lowest BCUT2D eigenvalue weighted by Gasteiger charge is -2.28. The Balaban J connectivity index is 3.00. The summed E-state index contributed by atoms with van der Waals surface area (Å²) < 4.78 is 13.3. The van der Waals surface area contributed by atoms with E-state index in [9.17, 15) is 9.18 Å². The van der Waals surface area contributed by atoms with E-state index in [1.54, 1.807) is 17.8 Å². The number of aliphatic carboxylic acids is 1. The number of carbonyl (C=O) groups is 1. The Morgan fingerprint density at radius 3 is 2.85 bits per heavy atom. The summed E-state index contributed by atoms with van der Waals surface area (Å²) in [7, 11) is 1.94. The summed E-state index contributed by atoms with van der Waals surface area (Å²) in [4.78, 5) is 12.7. The number of nitrogens with zero attached hydrogens (tertiary/aromatic N) is 1. The van der Waals surface area contributed by atoms with E-state index in [4.69, 9.17) is 5.11 Å². The number of hydrogen-bond donors (Lipinski definition) is 1. The van der Waals surface area contributed by atoms with E-state index in [1.165, 1.54) is 18.2 Å². The molecule has 0 aliphatic heterocycles. The highest BCUT2D eigenvalue weighted by Crippen LogP contribution is 2.25. The standard InChI is InChI=1S/C15H20FNO2S/c1-11(8-9-20-3)17(2)14-6-5-13(16)10-12(14)4-7-15(18)19/h4-7,10-11H,8-9H2,1-3H3,(H,18,19)/b7-4+. The normalized spacial score (nSPS) is 12.6. The molecular weight excluding hydrogens is 277 g/mol. The Labute approximate surface area is 123 Å². The van der Waals surface area contributed by atoms with Gasteiger partial charge in [0.15, 0.2) is 0 Å². The van der Waals surface area contributed by atoms with E-state index in [2.05, 4.69) is 18.1 Å². The van der Waals surface area contributed by atoms with Gasteiger partial charge in [-0.15, -0.1) is 0 Å². The van der Waals surface area contributed by atoms with Crippen LogP contribution < -0.4 is 4.90 Å². The molecule has 0 saturated carbocycles. The molecule has 1 aromatic rings. The lowest BCUT2D eigenvalue weighted by molar-refractivity contribution is -0.131. The fraction of sp³-hybridized carbons (Fsp3) is 0.400. The zero-order valence-corrected chi connectivity index (χ0v) is 12.8. The zero-order chi connectivity index (χ0) is 15.1. The van der Waals surface area contributed by atoms with E-state index >= 15 is 0 Å². The maximum Gasteiger partial charge on any atom is 0.328 e. The molecule has 1 aromatic carbocycles. The summed E-state index contributed by atoms with van der Waals surface area (Å²) in [5, 5.41) is 8.70. The molecule has 0 radical (unpaired) electrons. The number of thioether (sulfide) groups is 1. The maximum absolute atomic E-state index is 13.3. The first-order chi connectivity index (χ1) is 9.45. The van der Waals surface area contributed by atoms with Crippen LogP contribution in [0.5, 0.6) is 0 Å². The van der Waals surface area contributed by atoms with Gasteiger partial charge in [0.2, 0.25) is 0 Å². The van der Waals surface area contributed by atoms with Crippen LogP contribution in [0.25, 0.3) is 6.08 Å². The smallest absolute Gasteiger partial charge is 0.328 e. The maximum atomic E-state index is 13.3. The van der Waals surface area contributed by atoms with E-state index in [1.807, 2.05) is 7.05 Å². The van der Waals surface area contributed by atoms with Gasteiger partial charge in [-0.1, -0.05) is 0 Å². The molecule has 0 amide bonds. The molecule has 110 valence electrons. The summed E-state index contributed by atoms with van der Waals surface area (Å²) in [6.45, 7) is 2.10. The van der Waals surface area contributed by atoms with Crippen LogP contribution in [0, 0.1) is 5.82 Å². The number of halogens is 1. The van der Waals surface area contributed by atoms with Crippen LogP contribution in [-0.2, 0) is 4.79 Å². The van der Waals surface area contributed by atoms with Crippen molar-refractivity contribution in [1.82, 2.24) is 0 Å². The van der Waals surface area contributed by atoms with E-state index < -0.39 is 5.97 Å². The third-order valence-corrected chi connectivity index (χ3v) is 3.82. The van der Waals surface area contributed by atoms with Crippen molar-refractivity contribution in [2.24, 2.45) is 0 Å². The third kappa shape index (κ3) is 4.89. The first-order valence-corrected chi connectivity index (χ1v) is 7.77. The molecule has 1 atom stereocenters. The van der Waals surface area contributed by atoms with Gasteiger partial charge < -0.3 is 10.0 Å². The summed E-state index contributed by atoms with van der Waals surface area (Å²) in [5.41, 5.74) is 1.41. The van der Waals surface area contributed by atoms with E-state index in [0.717, 1.165) is 23.9 Å². The molecule has 5 heteroatoms. The third-order valence-electron chi connectivity index (χ3n) is 3.18. The van der Waals surface area contributed by atoms with Crippen molar-refractivity contribution < 1.29 is 14.3 Å². The van der Waals surface area contributed by atoms with Crippen LogP contribution in [-0.4, -0.2) is 36.2 Å². The van der Waals surface area contributed by atoms with Gasteiger partial charge in [-0.3, -0.25) is 0 Å². The van der Waals surface area contributed by atoms with Crippen molar-refractivity contribution in [2.75, 3.05) is 24.0 Å². The second-order valence-electron chi connectivity index (χ2n) is 4.62. The van der Waals surface area contributed by atoms with Crippen LogP contribution in [0.15, 0.2) is 24.3 Å². The molecule has 1 unspecified atom stereocenters. The molecule has 0 saturated heterocycles. The van der Waals surface area contributed by atoms with Crippen LogP contribution in [0.4, 0.5) is 10.1 Å². The molecule has 0 aliphatic rings. The molecule has 0 fully saturated rings. The van der Waals surface area contributed by atoms with Gasteiger partial charge in [0, 0.05) is 30.4 Å². The molecule has 20 heavy (non-hydrogen) atoms. The fourth-order valence-electron chi connectivity index (χ4n) is 1.86. The second-order valence-corrected chi connectivity index (χ2v) is 5.60. The molecule has 0 spiro atoms. The van der Waals surface area contributed by atoms with Crippen LogP contribution in [0.2, 0.25) is 0 Å². The Morgan fingerprint density at radius 1 is 1.55 bits per heavy atom. The van der Waals surface area contributed by atoms with Crippen molar-refractivity contribution in [3.63, 3.8) is 0 Å². The van der Waals surface area contributed by atoms with Crippen LogP contribution >= 0.6 is 11.8 Å². The van der Waals surface area contributed by atoms with Crippen molar-refractivity contribution >= 4 is 29.5 Å². The summed E-state index contributed by atoms with van der Waals surface area (Å²) in [6, 6.07) is 4.73. The monoisotopic (exact) mass is 297 g/mol. The largest absolute Gasteiger partial charge is 0.478 e. The minimum absolute atomic E-state index is 0.296. The second kappa shape index (κ2) is 7.94. The SMILES string of the molecule is CSCCC(C)N(C)c1ccc(F)cc1/C=C/C(=O)O. The predicted molar refractivity (Wildman–Crippen MR) is 83.9 cm³/mol. The van der Waals surface area contributed by atoms with E-state index in [-0.39, 0.29) is 5.82 Å². The zero-order valence-electron chi connectivity index (χ0n) is 12.0. The van der Waals surface area contributed by atoms with Gasteiger partial charge in [-0.05, 0) is 49.6 Å². The molecular formula is C15H20FNO2S. The summed E-state index contributed by atoms with van der Waals surface area (Å²) >= 11 is 1.79. The van der Waals surface area contributed by atoms with Crippen molar-refractivity contribution in [1.29, 1.82) is 0 Å². The first-order valence-electron chi connectivity index (χ1n) is 6.38. The highest BCUT2D eigenvalue weighted by molar-refractivity contribution is 7.98. The van der Waals surface area contributed by atoms with Crippen molar-refractivity contribution in [3.8, 4) is 0 Å². The van der Waals surface area contributed by atoms with E-state index in [0.29, 0.717) is 11.6 Å². The molecule has 1 N–H and O–H groups in total. The lowest BCUT2D eigenvalue weighted by Crippen LogP contribution is -2.29. The van der Waals surface area contributed by atoms with Crippen LogP contribution in [0.1, 0.15) is 18.9 Å². The Morgan fingerprint density at radius 2 is 2.25 bits per heavy atom. The van der Waals surface area contributed by atoms with Gasteiger partial charge in [-0.25, -0.2) is 9.18 Å². The lowest BCUT2D eigenvalue weighted by atomic mass is 10.1. The average molecular weight is 297 g/mol. The van der Waals surface area contributed by atoms with Gasteiger partial charge >= 0.3 is 5.97 Å². The summed E-state index contributed by atoms with van der Waals surface area (Å²) in [5.74, 6) is -0.366. The molecule has 1 rings (SSSR count). The van der Waals surface area contributed by atoms with Gasteiger partial charge in [0.1, 0.15) is 5.82 Å². The molecule has 0 bridgehead atoms. The highest BCUT2D eigenvalue weighted by atomic mass is 32.2. The quantitative estimate of drug-likeness (QED) is 0.782. The van der Waals surface area contributed by atoms with Gasteiger partial charge in [0.25, 0.3) is 0 Å². The summed E-state index contributed by atoms with van der Waals surface area (Å²) in [6.07, 6.45) is 5.53. The van der Waals surface area contributed by atoms with Gasteiger partial charge in [0.05, 0.1) is 0 Å². The topological polar surface area (TPSA) is 40.5 Å². The minimum Gasteiger partial charge on any atom is -0.478 e. The molecule has 3 nitrogen and oxygen atoms in total. The number of anilines is 1. The first kappa shape index (κ1) is 16.6.